The minimum absolute atomic E-state index is 0.196. The molecule has 0 fully saturated rings. The average molecular weight is 389 g/mol. The molecular formula is C20H18F3N3O2. The Morgan fingerprint density at radius 2 is 1.89 bits per heavy atom. The number of aromatic nitrogens is 2. The van der Waals surface area contributed by atoms with Gasteiger partial charge in [-0.2, -0.15) is 18.3 Å². The quantitative estimate of drug-likeness (QED) is 0.701. The van der Waals surface area contributed by atoms with Gasteiger partial charge in [-0.15, -0.1) is 0 Å². The van der Waals surface area contributed by atoms with Crippen molar-refractivity contribution in [2.75, 3.05) is 0 Å². The molecule has 0 unspecified atom stereocenters. The molecule has 146 valence electrons. The first-order valence-corrected chi connectivity index (χ1v) is 8.46. The molecule has 0 saturated heterocycles. The van der Waals surface area contributed by atoms with Gasteiger partial charge in [-0.05, 0) is 42.8 Å². The minimum atomic E-state index is -4.51. The second kappa shape index (κ2) is 7.75. The van der Waals surface area contributed by atoms with E-state index in [0.29, 0.717) is 11.3 Å². The molecule has 3 aromatic rings. The molecule has 1 N–H and O–H groups in total. The van der Waals surface area contributed by atoms with E-state index in [-0.39, 0.29) is 24.0 Å². The molecule has 1 aromatic heterocycles. The summed E-state index contributed by atoms with van der Waals surface area (Å²) in [5.74, 6) is -0.321. The van der Waals surface area contributed by atoms with Gasteiger partial charge in [0, 0.05) is 13.6 Å². The number of halogens is 3. The van der Waals surface area contributed by atoms with Crippen molar-refractivity contribution in [2.24, 2.45) is 7.05 Å². The van der Waals surface area contributed by atoms with Gasteiger partial charge in [0.15, 0.2) is 0 Å². The predicted molar refractivity (Wildman–Crippen MR) is 97.1 cm³/mol. The Kier molecular flexibility index (Phi) is 5.39. The second-order valence-corrected chi connectivity index (χ2v) is 6.22. The van der Waals surface area contributed by atoms with Crippen molar-refractivity contribution in [2.45, 2.75) is 19.6 Å². The van der Waals surface area contributed by atoms with E-state index in [4.69, 9.17) is 4.74 Å². The van der Waals surface area contributed by atoms with Crippen LogP contribution >= 0.6 is 0 Å². The van der Waals surface area contributed by atoms with Gasteiger partial charge in [-0.25, -0.2) is 0 Å². The van der Waals surface area contributed by atoms with Crippen molar-refractivity contribution < 1.29 is 22.7 Å². The lowest BCUT2D eigenvalue weighted by Crippen LogP contribution is -2.25. The summed E-state index contributed by atoms with van der Waals surface area (Å²) in [6, 6.07) is 13.2. The van der Waals surface area contributed by atoms with E-state index >= 15 is 0 Å². The van der Waals surface area contributed by atoms with E-state index in [9.17, 15) is 18.0 Å². The second-order valence-electron chi connectivity index (χ2n) is 6.22. The van der Waals surface area contributed by atoms with Crippen molar-refractivity contribution in [3.05, 3.63) is 77.1 Å². The Labute approximate surface area is 159 Å². The highest BCUT2D eigenvalue weighted by atomic mass is 19.4. The molecule has 5 nitrogen and oxygen atoms in total. The molecule has 2 aromatic carbocycles. The smallest absolute Gasteiger partial charge is 0.419 e. The molecule has 0 aliphatic carbocycles. The van der Waals surface area contributed by atoms with Gasteiger partial charge in [0.2, 0.25) is 0 Å². The monoisotopic (exact) mass is 389 g/mol. The predicted octanol–water partition coefficient (Wildman–Crippen LogP) is 4.47. The maximum atomic E-state index is 13.1. The van der Waals surface area contributed by atoms with Gasteiger partial charge >= 0.3 is 6.18 Å². The molecule has 0 bridgehead atoms. The fourth-order valence-electron chi connectivity index (χ4n) is 2.73. The van der Waals surface area contributed by atoms with Crippen molar-refractivity contribution in [3.63, 3.8) is 0 Å². The molecule has 0 spiro atoms. The Hall–Kier alpha value is -3.29. The molecule has 0 atom stereocenters. The van der Waals surface area contributed by atoms with Gasteiger partial charge in [0.25, 0.3) is 5.91 Å². The van der Waals surface area contributed by atoms with Crippen LogP contribution in [0.15, 0.2) is 54.6 Å². The Bertz CT molecular complexity index is 996. The van der Waals surface area contributed by atoms with Crippen LogP contribution in [-0.2, 0) is 19.8 Å². The Morgan fingerprint density at radius 3 is 2.57 bits per heavy atom. The number of benzene rings is 2. The number of aryl methyl sites for hydroxylation is 2. The van der Waals surface area contributed by atoms with Gasteiger partial charge in [0.1, 0.15) is 17.2 Å². The Morgan fingerprint density at radius 1 is 1.14 bits per heavy atom. The third-order valence-electron chi connectivity index (χ3n) is 4.01. The molecule has 0 aliphatic heterocycles. The molecule has 28 heavy (non-hydrogen) atoms. The number of carbonyl (C=O) groups excluding carboxylic acids is 1. The van der Waals surface area contributed by atoms with E-state index in [1.165, 1.54) is 22.9 Å². The molecule has 0 saturated carbocycles. The van der Waals surface area contributed by atoms with E-state index in [2.05, 4.69) is 10.4 Å². The molecule has 3 rings (SSSR count). The topological polar surface area (TPSA) is 56.1 Å². The first-order chi connectivity index (χ1) is 13.2. The van der Waals surface area contributed by atoms with Crippen LogP contribution < -0.4 is 10.1 Å². The van der Waals surface area contributed by atoms with Crippen LogP contribution in [-0.4, -0.2) is 15.7 Å². The lowest BCUT2D eigenvalue weighted by molar-refractivity contribution is -0.138. The largest absolute Gasteiger partial charge is 0.457 e. The number of nitrogens with one attached hydrogen (secondary N) is 1. The number of amides is 1. The van der Waals surface area contributed by atoms with Crippen LogP contribution in [0.1, 0.15) is 27.3 Å². The first-order valence-electron chi connectivity index (χ1n) is 8.46. The number of alkyl halides is 3. The summed E-state index contributed by atoms with van der Waals surface area (Å²) in [6.45, 7) is 1.98. The summed E-state index contributed by atoms with van der Waals surface area (Å²) < 4.78 is 46.2. The van der Waals surface area contributed by atoms with E-state index in [1.54, 1.807) is 44.3 Å². The van der Waals surface area contributed by atoms with Crippen LogP contribution in [0.4, 0.5) is 13.2 Å². The maximum absolute atomic E-state index is 13.1. The molecular weight excluding hydrogens is 371 g/mol. The zero-order valence-corrected chi connectivity index (χ0v) is 15.2. The lowest BCUT2D eigenvalue weighted by Gasteiger charge is -2.14. The summed E-state index contributed by atoms with van der Waals surface area (Å²) in [5, 5.41) is 6.88. The van der Waals surface area contributed by atoms with Crippen LogP contribution in [0, 0.1) is 6.92 Å². The SMILES string of the molecule is Cc1cc(C(=O)NCc2cccc(Oc3ccccc3C(F)(F)F)c2)n(C)n1. The van der Waals surface area contributed by atoms with Crippen molar-refractivity contribution in [3.8, 4) is 11.5 Å². The number of para-hydroxylation sites is 1. The highest BCUT2D eigenvalue weighted by Crippen LogP contribution is 2.37. The summed E-state index contributed by atoms with van der Waals surface area (Å²) in [7, 11) is 1.68. The van der Waals surface area contributed by atoms with E-state index in [1.807, 2.05) is 0 Å². The minimum Gasteiger partial charge on any atom is -0.457 e. The number of rotatable bonds is 5. The van der Waals surface area contributed by atoms with Crippen molar-refractivity contribution >= 4 is 5.91 Å². The Balaban J connectivity index is 1.71. The lowest BCUT2D eigenvalue weighted by atomic mass is 10.2. The average Bonchev–Trinajstić information content (AvgIpc) is 2.98. The fourth-order valence-corrected chi connectivity index (χ4v) is 2.73. The van der Waals surface area contributed by atoms with Crippen molar-refractivity contribution in [1.29, 1.82) is 0 Å². The first kappa shape index (κ1) is 19.5. The summed E-state index contributed by atoms with van der Waals surface area (Å²) in [6.07, 6.45) is -4.51. The van der Waals surface area contributed by atoms with Crippen LogP contribution in [0.25, 0.3) is 0 Å². The normalized spacial score (nSPS) is 11.3. The zero-order chi connectivity index (χ0) is 20.3. The third-order valence-corrected chi connectivity index (χ3v) is 4.01. The number of hydrogen-bond donors (Lipinski definition) is 1. The standard InChI is InChI=1S/C20H18F3N3O2/c1-13-10-17(26(2)25-13)19(27)24-12-14-6-5-7-15(11-14)28-18-9-4-3-8-16(18)20(21,22)23/h3-11H,12H2,1-2H3,(H,24,27). The zero-order valence-electron chi connectivity index (χ0n) is 15.2. The van der Waals surface area contributed by atoms with Crippen LogP contribution in [0.2, 0.25) is 0 Å². The van der Waals surface area contributed by atoms with E-state index in [0.717, 1.165) is 11.8 Å². The van der Waals surface area contributed by atoms with Crippen LogP contribution in [0.5, 0.6) is 11.5 Å². The molecule has 1 amide bonds. The molecule has 0 aliphatic rings. The van der Waals surface area contributed by atoms with Gasteiger partial charge in [-0.1, -0.05) is 24.3 Å². The van der Waals surface area contributed by atoms with Crippen molar-refractivity contribution in [1.82, 2.24) is 15.1 Å². The van der Waals surface area contributed by atoms with Gasteiger partial charge < -0.3 is 10.1 Å². The fraction of sp³-hybridized carbons (Fsp3) is 0.200. The number of hydrogen-bond acceptors (Lipinski definition) is 3. The molecule has 0 radical (unpaired) electrons. The van der Waals surface area contributed by atoms with Gasteiger partial charge in [0.05, 0.1) is 11.3 Å². The summed E-state index contributed by atoms with van der Waals surface area (Å²) >= 11 is 0. The molecule has 1 heterocycles. The number of ether oxygens (including phenoxy) is 1. The number of nitrogens with zero attached hydrogens (tertiary/aromatic N) is 2. The maximum Gasteiger partial charge on any atom is 0.419 e. The van der Waals surface area contributed by atoms with Gasteiger partial charge in [-0.3, -0.25) is 9.48 Å². The number of carbonyl (C=O) groups is 1. The third kappa shape index (κ3) is 4.51. The molecule has 8 heteroatoms. The van der Waals surface area contributed by atoms with Crippen LogP contribution in [0.3, 0.4) is 0 Å². The van der Waals surface area contributed by atoms with E-state index < -0.39 is 11.7 Å². The highest BCUT2D eigenvalue weighted by molar-refractivity contribution is 5.92. The summed E-state index contributed by atoms with van der Waals surface area (Å²) in [5.41, 5.74) is 0.991. The highest BCUT2D eigenvalue weighted by Gasteiger charge is 2.34. The summed E-state index contributed by atoms with van der Waals surface area (Å²) in [4.78, 5) is 12.3.